The van der Waals surface area contributed by atoms with Gasteiger partial charge in [-0.2, -0.15) is 0 Å². The number of hydrazine groups is 1. The quantitative estimate of drug-likeness (QED) is 0.236. The molecule has 30 heavy (non-hydrogen) atoms. The number of rotatable bonds is 4. The van der Waals surface area contributed by atoms with Crippen LogP contribution in [0.3, 0.4) is 0 Å². The number of hydrogen-bond donors (Lipinski definition) is 3. The van der Waals surface area contributed by atoms with E-state index >= 15 is 0 Å². The van der Waals surface area contributed by atoms with Gasteiger partial charge in [0, 0.05) is 37.5 Å². The number of hydrogen-bond acceptors (Lipinski definition) is 4. The maximum absolute atomic E-state index is 12.4. The number of nitrogens with zero attached hydrogens (tertiary/aromatic N) is 2. The van der Waals surface area contributed by atoms with Crippen molar-refractivity contribution in [3.63, 3.8) is 0 Å². The van der Waals surface area contributed by atoms with Crippen LogP contribution in [0.5, 0.6) is 0 Å². The molecule has 2 heterocycles. The number of carbonyl (C=O) groups excluding carboxylic acids is 1. The van der Waals surface area contributed by atoms with E-state index in [0.717, 1.165) is 36.5 Å². The Bertz CT molecular complexity index is 1200. The number of thiocarbonyl (C=S) groups is 1. The van der Waals surface area contributed by atoms with Gasteiger partial charge >= 0.3 is 0 Å². The summed E-state index contributed by atoms with van der Waals surface area (Å²) in [6.07, 6.45) is 2.15. The summed E-state index contributed by atoms with van der Waals surface area (Å²) in [6, 6.07) is 15.5. The molecule has 0 spiro atoms. The summed E-state index contributed by atoms with van der Waals surface area (Å²) in [5.74, 6) is -0.200. The van der Waals surface area contributed by atoms with Crippen LogP contribution in [-0.4, -0.2) is 20.4 Å². The molecule has 4 aromatic rings. The highest BCUT2D eigenvalue weighted by Gasteiger charge is 2.13. The van der Waals surface area contributed by atoms with Gasteiger partial charge in [0.1, 0.15) is 0 Å². The molecule has 6 nitrogen and oxygen atoms in total. The van der Waals surface area contributed by atoms with Crippen molar-refractivity contribution in [2.45, 2.75) is 6.42 Å². The summed E-state index contributed by atoms with van der Waals surface area (Å²) in [5.41, 5.74) is 8.92. The molecule has 0 unspecified atom stereocenters. The van der Waals surface area contributed by atoms with Crippen LogP contribution in [0.2, 0.25) is 0 Å². The first-order chi connectivity index (χ1) is 14.5. The Labute approximate surface area is 198 Å². The third-order valence-electron chi connectivity index (χ3n) is 4.18. The fraction of sp³-hybridized carbons (Fsp3) is 0.0500. The fourth-order valence-electron chi connectivity index (χ4n) is 2.75. The minimum Gasteiger partial charge on any atom is -0.331 e. The maximum Gasteiger partial charge on any atom is 0.244 e. The van der Waals surface area contributed by atoms with Gasteiger partial charge in [0.05, 0.1) is 12.1 Å². The molecular formula is C20H15Br2N5OS2. The van der Waals surface area contributed by atoms with Crippen LogP contribution in [0.4, 0.5) is 5.69 Å². The van der Waals surface area contributed by atoms with Gasteiger partial charge in [-0.1, -0.05) is 44.0 Å². The van der Waals surface area contributed by atoms with Crippen molar-refractivity contribution < 1.29 is 4.79 Å². The summed E-state index contributed by atoms with van der Waals surface area (Å²) in [4.78, 5) is 17.9. The van der Waals surface area contributed by atoms with E-state index in [0.29, 0.717) is 5.11 Å². The third-order valence-corrected chi connectivity index (χ3v) is 6.33. The first kappa shape index (κ1) is 21.0. The van der Waals surface area contributed by atoms with E-state index in [1.165, 1.54) is 11.3 Å². The molecule has 0 aliphatic heterocycles. The molecule has 0 saturated carbocycles. The Kier molecular flexibility index (Phi) is 6.47. The zero-order valence-corrected chi connectivity index (χ0v) is 20.2. The molecule has 2 aromatic carbocycles. The second kappa shape index (κ2) is 9.25. The van der Waals surface area contributed by atoms with Crippen LogP contribution in [0.25, 0.3) is 16.2 Å². The number of benzene rings is 2. The van der Waals surface area contributed by atoms with Crippen molar-refractivity contribution in [2.75, 3.05) is 5.32 Å². The molecule has 0 bridgehead atoms. The molecule has 152 valence electrons. The molecule has 0 saturated heterocycles. The van der Waals surface area contributed by atoms with Gasteiger partial charge < -0.3 is 5.32 Å². The summed E-state index contributed by atoms with van der Waals surface area (Å²) in [6.45, 7) is 0. The highest BCUT2D eigenvalue weighted by atomic mass is 79.9. The van der Waals surface area contributed by atoms with Gasteiger partial charge in [-0.3, -0.25) is 20.0 Å². The van der Waals surface area contributed by atoms with E-state index in [2.05, 4.69) is 53.0 Å². The van der Waals surface area contributed by atoms with E-state index in [-0.39, 0.29) is 12.3 Å². The lowest BCUT2D eigenvalue weighted by Gasteiger charge is -2.11. The minimum atomic E-state index is -0.200. The highest BCUT2D eigenvalue weighted by molar-refractivity contribution is 9.10. The van der Waals surface area contributed by atoms with Gasteiger partial charge in [-0.15, -0.1) is 11.3 Å². The Morgan fingerprint density at radius 2 is 1.70 bits per heavy atom. The Hall–Kier alpha value is -2.27. The topological polar surface area (TPSA) is 70.5 Å². The number of aromatic nitrogens is 2. The van der Waals surface area contributed by atoms with Crippen LogP contribution in [0, 0.1) is 0 Å². The summed E-state index contributed by atoms with van der Waals surface area (Å²) >= 11 is 13.5. The van der Waals surface area contributed by atoms with E-state index in [4.69, 9.17) is 12.2 Å². The van der Waals surface area contributed by atoms with Crippen LogP contribution in [-0.2, 0) is 11.2 Å². The van der Waals surface area contributed by atoms with E-state index in [1.807, 2.05) is 64.5 Å². The average Bonchev–Trinajstić information content (AvgIpc) is 3.31. The Morgan fingerprint density at radius 1 is 1.03 bits per heavy atom. The van der Waals surface area contributed by atoms with Crippen molar-refractivity contribution in [3.8, 4) is 11.3 Å². The zero-order chi connectivity index (χ0) is 21.1. The number of carbonyl (C=O) groups is 1. The smallest absolute Gasteiger partial charge is 0.244 e. The molecule has 0 fully saturated rings. The van der Waals surface area contributed by atoms with Crippen molar-refractivity contribution >= 4 is 77.1 Å². The summed E-state index contributed by atoms with van der Waals surface area (Å²) in [7, 11) is 0. The number of nitrogens with one attached hydrogen (secondary N) is 3. The monoisotopic (exact) mass is 563 g/mol. The van der Waals surface area contributed by atoms with E-state index in [9.17, 15) is 4.79 Å². The molecule has 10 heteroatoms. The first-order valence-electron chi connectivity index (χ1n) is 8.81. The lowest BCUT2D eigenvalue weighted by molar-refractivity contribution is -0.121. The standard InChI is InChI=1S/C20H15Br2N5OS2/c21-13-3-1-12(2-4-13)17-10-27-16(11-30-20(27)24-17)9-18(28)25-26-19(29)23-15-7-5-14(22)6-8-15/h1-8,10-11H,9H2,(H,25,28)(H2,23,26,29). The summed E-state index contributed by atoms with van der Waals surface area (Å²) in [5, 5.41) is 5.25. The lowest BCUT2D eigenvalue weighted by Crippen LogP contribution is -2.44. The number of amides is 1. The molecule has 1 amide bonds. The SMILES string of the molecule is O=C(Cc1csc2nc(-c3ccc(Br)cc3)cn12)NNC(=S)Nc1ccc(Br)cc1. The Morgan fingerprint density at radius 3 is 2.40 bits per heavy atom. The van der Waals surface area contributed by atoms with E-state index in [1.54, 1.807) is 0 Å². The van der Waals surface area contributed by atoms with Crippen molar-refractivity contribution in [1.82, 2.24) is 20.2 Å². The van der Waals surface area contributed by atoms with Gasteiger partial charge in [0.15, 0.2) is 10.1 Å². The zero-order valence-electron chi connectivity index (χ0n) is 15.4. The molecule has 0 aliphatic rings. The Balaban J connectivity index is 1.36. The highest BCUT2D eigenvalue weighted by Crippen LogP contribution is 2.25. The van der Waals surface area contributed by atoms with E-state index < -0.39 is 0 Å². The molecule has 3 N–H and O–H groups in total. The molecule has 2 aromatic heterocycles. The van der Waals surface area contributed by atoms with Gasteiger partial charge in [0.25, 0.3) is 0 Å². The molecular weight excluding hydrogens is 550 g/mol. The second-order valence-corrected chi connectivity index (χ2v) is 9.40. The van der Waals surface area contributed by atoms with Crippen LogP contribution >= 0.6 is 55.4 Å². The third kappa shape index (κ3) is 5.07. The molecule has 0 aliphatic carbocycles. The van der Waals surface area contributed by atoms with Crippen LogP contribution < -0.4 is 16.2 Å². The van der Waals surface area contributed by atoms with Crippen LogP contribution in [0.1, 0.15) is 5.69 Å². The molecule has 0 atom stereocenters. The number of thiazole rings is 1. The van der Waals surface area contributed by atoms with Crippen LogP contribution in [0.15, 0.2) is 69.1 Å². The van der Waals surface area contributed by atoms with Crippen molar-refractivity contribution in [3.05, 3.63) is 74.7 Å². The predicted molar refractivity (Wildman–Crippen MR) is 132 cm³/mol. The summed E-state index contributed by atoms with van der Waals surface area (Å²) < 4.78 is 3.94. The lowest BCUT2D eigenvalue weighted by atomic mass is 10.2. The average molecular weight is 565 g/mol. The molecule has 0 radical (unpaired) electrons. The molecule has 4 rings (SSSR count). The van der Waals surface area contributed by atoms with Gasteiger partial charge in [-0.05, 0) is 48.6 Å². The fourth-order valence-corrected chi connectivity index (χ4v) is 4.32. The van der Waals surface area contributed by atoms with Gasteiger partial charge in [-0.25, -0.2) is 4.98 Å². The van der Waals surface area contributed by atoms with Crippen molar-refractivity contribution in [1.29, 1.82) is 0 Å². The first-order valence-corrected chi connectivity index (χ1v) is 11.7. The maximum atomic E-state index is 12.4. The predicted octanol–water partition coefficient (Wildman–Crippen LogP) is 5.15. The van der Waals surface area contributed by atoms with Gasteiger partial charge in [0.2, 0.25) is 5.91 Å². The second-order valence-electron chi connectivity index (χ2n) is 6.32. The number of halogens is 2. The largest absolute Gasteiger partial charge is 0.331 e. The minimum absolute atomic E-state index is 0.198. The number of imidazole rings is 1. The normalized spacial score (nSPS) is 10.7. The number of fused-ring (bicyclic) bond motifs is 1. The number of anilines is 1. The van der Waals surface area contributed by atoms with Crippen molar-refractivity contribution in [2.24, 2.45) is 0 Å².